The van der Waals surface area contributed by atoms with Crippen molar-refractivity contribution in [2.45, 2.75) is 23.4 Å². The SMILES string of the molecule is CC(O)c1ccc(SCCSC(F)(F)F)cc1. The van der Waals surface area contributed by atoms with Gasteiger partial charge in [-0.25, -0.2) is 0 Å². The first-order valence-electron chi connectivity index (χ1n) is 5.00. The average Bonchev–Trinajstić information content (AvgIpc) is 2.24. The fourth-order valence-corrected chi connectivity index (χ4v) is 2.62. The summed E-state index contributed by atoms with van der Waals surface area (Å²) in [5.74, 6) is 0.463. The summed E-state index contributed by atoms with van der Waals surface area (Å²) in [6, 6.07) is 7.18. The van der Waals surface area contributed by atoms with Gasteiger partial charge in [-0.3, -0.25) is 0 Å². The Morgan fingerprint density at radius 1 is 1.18 bits per heavy atom. The second-order valence-electron chi connectivity index (χ2n) is 3.39. The van der Waals surface area contributed by atoms with Gasteiger partial charge in [-0.2, -0.15) is 13.2 Å². The van der Waals surface area contributed by atoms with Crippen LogP contribution in [-0.2, 0) is 0 Å². The lowest BCUT2D eigenvalue weighted by atomic mass is 10.1. The Balaban J connectivity index is 2.33. The van der Waals surface area contributed by atoms with Crippen LogP contribution in [0, 0.1) is 0 Å². The first kappa shape index (κ1) is 14.7. The maximum Gasteiger partial charge on any atom is 0.441 e. The Labute approximate surface area is 107 Å². The van der Waals surface area contributed by atoms with Crippen molar-refractivity contribution < 1.29 is 18.3 Å². The molecule has 1 aromatic rings. The summed E-state index contributed by atoms with van der Waals surface area (Å²) in [6.07, 6.45) is -0.519. The first-order valence-corrected chi connectivity index (χ1v) is 6.97. The molecule has 0 aliphatic heterocycles. The molecule has 0 amide bonds. The smallest absolute Gasteiger partial charge is 0.389 e. The van der Waals surface area contributed by atoms with Gasteiger partial charge in [0.25, 0.3) is 0 Å². The molecule has 0 radical (unpaired) electrons. The minimum atomic E-state index is -4.14. The van der Waals surface area contributed by atoms with Gasteiger partial charge in [0.1, 0.15) is 0 Å². The quantitative estimate of drug-likeness (QED) is 0.649. The number of aliphatic hydroxyl groups is 1. The summed E-state index contributed by atoms with van der Waals surface area (Å²) < 4.78 is 35.5. The average molecular weight is 282 g/mol. The molecule has 0 fully saturated rings. The number of halogens is 3. The fourth-order valence-electron chi connectivity index (χ4n) is 1.16. The molecule has 1 N–H and O–H groups in total. The van der Waals surface area contributed by atoms with E-state index in [1.165, 1.54) is 11.8 Å². The largest absolute Gasteiger partial charge is 0.441 e. The molecule has 0 saturated heterocycles. The molecular formula is C11H13F3OS2. The van der Waals surface area contributed by atoms with E-state index in [0.717, 1.165) is 10.5 Å². The summed E-state index contributed by atoms with van der Waals surface area (Å²) in [7, 11) is 0. The van der Waals surface area contributed by atoms with Crippen LogP contribution in [0.2, 0.25) is 0 Å². The fraction of sp³-hybridized carbons (Fsp3) is 0.455. The Bertz CT molecular complexity index is 336. The molecule has 1 rings (SSSR count). The van der Waals surface area contributed by atoms with E-state index < -0.39 is 11.6 Å². The van der Waals surface area contributed by atoms with Crippen molar-refractivity contribution in [3.05, 3.63) is 29.8 Å². The van der Waals surface area contributed by atoms with Crippen molar-refractivity contribution in [3.63, 3.8) is 0 Å². The number of hydrogen-bond donors (Lipinski definition) is 1. The third kappa shape index (κ3) is 6.24. The molecule has 6 heteroatoms. The molecule has 96 valence electrons. The lowest BCUT2D eigenvalue weighted by Gasteiger charge is -2.07. The Morgan fingerprint density at radius 3 is 2.24 bits per heavy atom. The molecule has 1 nitrogen and oxygen atoms in total. The topological polar surface area (TPSA) is 20.2 Å². The van der Waals surface area contributed by atoms with E-state index in [9.17, 15) is 18.3 Å². The summed E-state index contributed by atoms with van der Waals surface area (Å²) in [6.45, 7) is 1.67. The number of hydrogen-bond acceptors (Lipinski definition) is 3. The van der Waals surface area contributed by atoms with Crippen LogP contribution in [-0.4, -0.2) is 22.1 Å². The minimum Gasteiger partial charge on any atom is -0.389 e. The number of alkyl halides is 3. The van der Waals surface area contributed by atoms with Crippen LogP contribution in [0.1, 0.15) is 18.6 Å². The zero-order valence-electron chi connectivity index (χ0n) is 9.20. The number of benzene rings is 1. The highest BCUT2D eigenvalue weighted by molar-refractivity contribution is 8.03. The van der Waals surface area contributed by atoms with Gasteiger partial charge in [-0.15, -0.1) is 11.8 Å². The van der Waals surface area contributed by atoms with Crippen LogP contribution in [0.25, 0.3) is 0 Å². The van der Waals surface area contributed by atoms with Gasteiger partial charge in [-0.1, -0.05) is 23.9 Å². The van der Waals surface area contributed by atoms with E-state index in [1.54, 1.807) is 19.1 Å². The molecule has 1 aromatic carbocycles. The van der Waals surface area contributed by atoms with Gasteiger partial charge in [0.2, 0.25) is 0 Å². The normalized spacial score (nSPS) is 13.7. The van der Waals surface area contributed by atoms with E-state index in [1.807, 2.05) is 12.1 Å². The summed E-state index contributed by atoms with van der Waals surface area (Å²) in [4.78, 5) is 0.914. The molecule has 0 aromatic heterocycles. The van der Waals surface area contributed by atoms with Gasteiger partial charge < -0.3 is 5.11 Å². The van der Waals surface area contributed by atoms with Crippen molar-refractivity contribution in [3.8, 4) is 0 Å². The Hall–Kier alpha value is -0.330. The number of aliphatic hydroxyl groups excluding tert-OH is 1. The van der Waals surface area contributed by atoms with Crippen LogP contribution in [0.4, 0.5) is 13.2 Å². The number of thioether (sulfide) groups is 2. The molecule has 0 aliphatic rings. The highest BCUT2D eigenvalue weighted by Crippen LogP contribution is 2.31. The van der Waals surface area contributed by atoms with E-state index in [2.05, 4.69) is 0 Å². The maximum absolute atomic E-state index is 11.8. The maximum atomic E-state index is 11.8. The van der Waals surface area contributed by atoms with Gasteiger partial charge in [0, 0.05) is 16.4 Å². The van der Waals surface area contributed by atoms with Crippen LogP contribution in [0.5, 0.6) is 0 Å². The van der Waals surface area contributed by atoms with E-state index in [0.29, 0.717) is 5.75 Å². The first-order chi connectivity index (χ1) is 7.88. The van der Waals surface area contributed by atoms with Gasteiger partial charge in [-0.05, 0) is 24.6 Å². The van der Waals surface area contributed by atoms with Crippen molar-refractivity contribution in [2.24, 2.45) is 0 Å². The number of rotatable bonds is 5. The van der Waals surface area contributed by atoms with Gasteiger partial charge in [0.05, 0.1) is 6.10 Å². The third-order valence-corrected chi connectivity index (χ3v) is 3.99. The summed E-state index contributed by atoms with van der Waals surface area (Å²) >= 11 is 1.38. The second kappa shape index (κ2) is 6.56. The van der Waals surface area contributed by atoms with E-state index >= 15 is 0 Å². The zero-order valence-corrected chi connectivity index (χ0v) is 10.8. The lowest BCUT2D eigenvalue weighted by Crippen LogP contribution is -2.02. The van der Waals surface area contributed by atoms with Crippen molar-refractivity contribution in [2.75, 3.05) is 11.5 Å². The molecule has 0 spiro atoms. The molecule has 1 atom stereocenters. The molecule has 17 heavy (non-hydrogen) atoms. The summed E-state index contributed by atoms with van der Waals surface area (Å²) in [5, 5.41) is 9.28. The Kier molecular flexibility index (Phi) is 5.69. The molecule has 1 unspecified atom stereocenters. The molecule has 0 bridgehead atoms. The zero-order chi connectivity index (χ0) is 12.9. The highest BCUT2D eigenvalue weighted by atomic mass is 32.2. The van der Waals surface area contributed by atoms with Crippen LogP contribution >= 0.6 is 23.5 Å². The van der Waals surface area contributed by atoms with Crippen molar-refractivity contribution in [1.29, 1.82) is 0 Å². The molecule has 0 aliphatic carbocycles. The van der Waals surface area contributed by atoms with Gasteiger partial charge >= 0.3 is 5.51 Å². The standard InChI is InChI=1S/C11H13F3OS2/c1-8(15)9-2-4-10(5-3-9)16-6-7-17-11(12,13)14/h2-5,8,15H,6-7H2,1H3. The lowest BCUT2D eigenvalue weighted by molar-refractivity contribution is -0.0326. The summed E-state index contributed by atoms with van der Waals surface area (Å²) in [5.41, 5.74) is -3.34. The van der Waals surface area contributed by atoms with Gasteiger partial charge in [0.15, 0.2) is 0 Å². The predicted molar refractivity (Wildman–Crippen MR) is 66.3 cm³/mol. The molecular weight excluding hydrogens is 269 g/mol. The molecule has 0 heterocycles. The van der Waals surface area contributed by atoms with Crippen LogP contribution in [0.3, 0.4) is 0 Å². The van der Waals surface area contributed by atoms with Crippen molar-refractivity contribution in [1.82, 2.24) is 0 Å². The van der Waals surface area contributed by atoms with E-state index in [4.69, 9.17) is 0 Å². The van der Waals surface area contributed by atoms with Crippen LogP contribution < -0.4 is 0 Å². The Morgan fingerprint density at radius 2 is 1.76 bits per heavy atom. The highest BCUT2D eigenvalue weighted by Gasteiger charge is 2.27. The second-order valence-corrected chi connectivity index (χ2v) is 5.72. The van der Waals surface area contributed by atoms with Crippen molar-refractivity contribution >= 4 is 23.5 Å². The predicted octanol–water partition coefficient (Wildman–Crippen LogP) is 4.09. The monoisotopic (exact) mass is 282 g/mol. The van der Waals surface area contributed by atoms with Crippen LogP contribution in [0.15, 0.2) is 29.2 Å². The van der Waals surface area contributed by atoms with E-state index in [-0.39, 0.29) is 17.5 Å². The minimum absolute atomic E-state index is 0.0000298. The third-order valence-electron chi connectivity index (χ3n) is 1.98. The molecule has 0 saturated carbocycles.